The van der Waals surface area contributed by atoms with Crippen LogP contribution < -0.4 is 14.5 Å². The van der Waals surface area contributed by atoms with Gasteiger partial charge in [-0.1, -0.05) is 30.3 Å². The first-order valence-corrected chi connectivity index (χ1v) is 13.1. The smallest absolute Gasteiger partial charge is 0.137 e. The predicted octanol–water partition coefficient (Wildman–Crippen LogP) is 7.91. The van der Waals surface area contributed by atoms with Crippen molar-refractivity contribution in [2.24, 2.45) is 0 Å². The number of fused-ring (bicyclic) bond motifs is 3. The molecule has 2 aromatic heterocycles. The minimum Gasteiger partial charge on any atom is -0.457 e. The number of nitrogens with zero attached hydrogens (tertiary/aromatic N) is 5. The van der Waals surface area contributed by atoms with Gasteiger partial charge in [-0.3, -0.25) is 4.57 Å². The van der Waals surface area contributed by atoms with Crippen molar-refractivity contribution in [1.82, 2.24) is 9.55 Å². The van der Waals surface area contributed by atoms with Crippen molar-refractivity contribution in [2.75, 3.05) is 16.5 Å². The second kappa shape index (κ2) is 9.64. The Morgan fingerprint density at radius 2 is 1.60 bits per heavy atom. The second-order valence-electron chi connectivity index (χ2n) is 9.81. The van der Waals surface area contributed by atoms with E-state index in [1.165, 1.54) is 11.3 Å². The zero-order chi connectivity index (χ0) is 27.1. The number of ether oxygens (including phenoxy) is 1. The third-order valence-electron chi connectivity index (χ3n) is 7.29. The van der Waals surface area contributed by atoms with Crippen molar-refractivity contribution in [3.05, 3.63) is 133 Å². The molecule has 0 aliphatic carbocycles. The molecule has 0 spiro atoms. The maximum atomic E-state index is 9.49. The van der Waals surface area contributed by atoms with Crippen molar-refractivity contribution in [2.45, 2.75) is 6.92 Å². The van der Waals surface area contributed by atoms with Crippen molar-refractivity contribution >= 4 is 33.2 Å². The molecule has 192 valence electrons. The largest absolute Gasteiger partial charge is 0.457 e. The highest BCUT2D eigenvalue weighted by atomic mass is 16.5. The van der Waals surface area contributed by atoms with Crippen LogP contribution in [0.15, 0.2) is 122 Å². The lowest BCUT2D eigenvalue weighted by Gasteiger charge is -2.23. The molecule has 7 rings (SSSR count). The number of hydrogen-bond donors (Lipinski definition) is 0. The molecule has 6 aromatic rings. The van der Waals surface area contributed by atoms with Gasteiger partial charge in [-0.2, -0.15) is 5.26 Å². The summed E-state index contributed by atoms with van der Waals surface area (Å²) < 4.78 is 8.51. The van der Waals surface area contributed by atoms with Crippen molar-refractivity contribution in [3.63, 3.8) is 0 Å². The Morgan fingerprint density at radius 1 is 0.750 bits per heavy atom. The van der Waals surface area contributed by atoms with Gasteiger partial charge < -0.3 is 14.5 Å². The number of aryl methyl sites for hydroxylation is 1. The monoisotopic (exact) mass is 519 g/mol. The summed E-state index contributed by atoms with van der Waals surface area (Å²) in [5, 5.41) is 11.5. The maximum Gasteiger partial charge on any atom is 0.137 e. The number of benzene rings is 4. The van der Waals surface area contributed by atoms with Crippen LogP contribution in [0.4, 0.5) is 11.4 Å². The van der Waals surface area contributed by atoms with Crippen molar-refractivity contribution in [3.8, 4) is 23.4 Å². The first-order chi connectivity index (χ1) is 19.7. The van der Waals surface area contributed by atoms with E-state index in [0.717, 1.165) is 51.5 Å². The Morgan fingerprint density at radius 3 is 2.45 bits per heavy atom. The number of nitriles is 1. The van der Waals surface area contributed by atoms with E-state index in [4.69, 9.17) is 4.74 Å². The summed E-state index contributed by atoms with van der Waals surface area (Å²) in [6, 6.07) is 36.5. The van der Waals surface area contributed by atoms with Gasteiger partial charge in [0.25, 0.3) is 0 Å². The van der Waals surface area contributed by atoms with E-state index in [1.807, 2.05) is 60.7 Å². The number of aromatic nitrogens is 2. The zero-order valence-corrected chi connectivity index (χ0v) is 21.9. The SMILES string of the molecule is Cc1ccccc1N1C=CN(c2cccc(Oc3ccc4c5cc(C#N)ccc5n(-c5ccccn5)c4c3)c2)C1. The molecule has 3 heterocycles. The molecule has 0 fully saturated rings. The number of hydrogen-bond acceptors (Lipinski definition) is 5. The van der Waals surface area contributed by atoms with E-state index in [1.54, 1.807) is 6.20 Å². The van der Waals surface area contributed by atoms with Crippen LogP contribution in [0.1, 0.15) is 11.1 Å². The van der Waals surface area contributed by atoms with Gasteiger partial charge in [0.15, 0.2) is 0 Å². The molecule has 0 saturated heterocycles. The number of pyridine rings is 1. The topological polar surface area (TPSA) is 57.3 Å². The molecule has 6 heteroatoms. The Labute approximate surface area is 232 Å². The van der Waals surface area contributed by atoms with Gasteiger partial charge in [-0.15, -0.1) is 0 Å². The summed E-state index contributed by atoms with van der Waals surface area (Å²) in [7, 11) is 0. The van der Waals surface area contributed by atoms with E-state index < -0.39 is 0 Å². The Bertz CT molecular complexity index is 1950. The Hall–Kier alpha value is -5.54. The quantitative estimate of drug-likeness (QED) is 0.232. The summed E-state index contributed by atoms with van der Waals surface area (Å²) in [6.07, 6.45) is 5.99. The van der Waals surface area contributed by atoms with Crippen LogP contribution in [-0.4, -0.2) is 16.2 Å². The predicted molar refractivity (Wildman–Crippen MR) is 160 cm³/mol. The van der Waals surface area contributed by atoms with Crippen LogP contribution in [0.2, 0.25) is 0 Å². The number of rotatable bonds is 5. The molecule has 0 unspecified atom stereocenters. The molecule has 0 N–H and O–H groups in total. The molecule has 1 aliphatic heterocycles. The number of anilines is 2. The summed E-state index contributed by atoms with van der Waals surface area (Å²) in [5.74, 6) is 2.29. The van der Waals surface area contributed by atoms with E-state index in [2.05, 4.69) is 87.2 Å². The maximum absolute atomic E-state index is 9.49. The summed E-state index contributed by atoms with van der Waals surface area (Å²) in [6.45, 7) is 2.86. The third kappa shape index (κ3) is 4.11. The Balaban J connectivity index is 1.22. The van der Waals surface area contributed by atoms with Gasteiger partial charge in [0.2, 0.25) is 0 Å². The molecule has 0 amide bonds. The minimum absolute atomic E-state index is 0.627. The lowest BCUT2D eigenvalue weighted by Crippen LogP contribution is -2.25. The second-order valence-corrected chi connectivity index (χ2v) is 9.81. The van der Waals surface area contributed by atoms with E-state index in [-0.39, 0.29) is 0 Å². The van der Waals surface area contributed by atoms with Gasteiger partial charge >= 0.3 is 0 Å². The van der Waals surface area contributed by atoms with Gasteiger partial charge in [0.1, 0.15) is 17.3 Å². The van der Waals surface area contributed by atoms with E-state index >= 15 is 0 Å². The lowest BCUT2D eigenvalue weighted by atomic mass is 10.1. The highest BCUT2D eigenvalue weighted by molar-refractivity contribution is 6.09. The molecule has 0 saturated carbocycles. The molecule has 40 heavy (non-hydrogen) atoms. The first kappa shape index (κ1) is 23.6. The van der Waals surface area contributed by atoms with Gasteiger partial charge in [-0.25, -0.2) is 4.98 Å². The van der Waals surface area contributed by atoms with E-state index in [9.17, 15) is 5.26 Å². The summed E-state index contributed by atoms with van der Waals surface area (Å²) in [5.41, 5.74) is 6.08. The van der Waals surface area contributed by atoms with Gasteiger partial charge in [-0.05, 0) is 73.2 Å². The summed E-state index contributed by atoms with van der Waals surface area (Å²) in [4.78, 5) is 9.05. The van der Waals surface area contributed by atoms with Crippen molar-refractivity contribution in [1.29, 1.82) is 5.26 Å². The molecule has 6 nitrogen and oxygen atoms in total. The molecule has 0 bridgehead atoms. The minimum atomic E-state index is 0.627. The molecular formula is C34H25N5O. The average Bonchev–Trinajstić information content (AvgIpc) is 3.61. The fourth-order valence-corrected chi connectivity index (χ4v) is 5.36. The van der Waals surface area contributed by atoms with Crippen LogP contribution in [0, 0.1) is 18.3 Å². The lowest BCUT2D eigenvalue weighted by molar-refractivity contribution is 0.483. The van der Waals surface area contributed by atoms with Crippen LogP contribution in [0.5, 0.6) is 11.5 Å². The molecule has 0 radical (unpaired) electrons. The van der Waals surface area contributed by atoms with Gasteiger partial charge in [0, 0.05) is 52.9 Å². The van der Waals surface area contributed by atoms with Crippen LogP contribution in [-0.2, 0) is 0 Å². The fraction of sp³-hybridized carbons (Fsp3) is 0.0588. The molecular weight excluding hydrogens is 494 g/mol. The number of para-hydroxylation sites is 1. The standard InChI is InChI=1S/C34H25N5O/c1-24-7-2-3-10-31(24)38-18-17-37(23-38)26-8-6-9-27(20-26)40-28-13-14-29-30-19-25(22-35)12-15-32(30)39(33(29)21-28)34-11-4-5-16-36-34/h2-21H,23H2,1H3. The van der Waals surface area contributed by atoms with Crippen molar-refractivity contribution < 1.29 is 4.74 Å². The van der Waals surface area contributed by atoms with Gasteiger partial charge in [0.05, 0.1) is 29.3 Å². The molecule has 4 aromatic carbocycles. The zero-order valence-electron chi connectivity index (χ0n) is 21.9. The fourth-order valence-electron chi connectivity index (χ4n) is 5.36. The summed E-state index contributed by atoms with van der Waals surface area (Å²) >= 11 is 0. The molecule has 0 atom stereocenters. The average molecular weight is 520 g/mol. The van der Waals surface area contributed by atoms with E-state index in [0.29, 0.717) is 5.56 Å². The third-order valence-corrected chi connectivity index (χ3v) is 7.29. The highest BCUT2D eigenvalue weighted by Gasteiger charge is 2.18. The van der Waals surface area contributed by atoms with Crippen LogP contribution in [0.25, 0.3) is 27.6 Å². The molecule has 1 aliphatic rings. The highest BCUT2D eigenvalue weighted by Crippen LogP contribution is 2.36. The van der Waals surface area contributed by atoms with Crippen LogP contribution >= 0.6 is 0 Å². The first-order valence-electron chi connectivity index (χ1n) is 13.1. The van der Waals surface area contributed by atoms with Crippen LogP contribution in [0.3, 0.4) is 0 Å². The normalized spacial score (nSPS) is 12.8. The Kier molecular flexibility index (Phi) is 5.68.